The van der Waals surface area contributed by atoms with E-state index in [9.17, 15) is 4.79 Å². The van der Waals surface area contributed by atoms with Gasteiger partial charge in [0, 0.05) is 6.42 Å². The van der Waals surface area contributed by atoms with Gasteiger partial charge in [0.15, 0.2) is 0 Å². The monoisotopic (exact) mass is 187 g/mol. The van der Waals surface area contributed by atoms with Crippen LogP contribution in [-0.4, -0.2) is 11.3 Å². The van der Waals surface area contributed by atoms with Crippen LogP contribution in [0.1, 0.15) is 5.56 Å². The molecule has 0 fully saturated rings. The second-order valence-corrected chi connectivity index (χ2v) is 3.77. The van der Waals surface area contributed by atoms with E-state index in [4.69, 9.17) is 11.6 Å². The van der Waals surface area contributed by atoms with Crippen LogP contribution in [0.3, 0.4) is 0 Å². The van der Waals surface area contributed by atoms with E-state index in [2.05, 4.69) is 5.32 Å². The zero-order chi connectivity index (χ0) is 7.84. The molecule has 1 N–H and O–H groups in total. The van der Waals surface area contributed by atoms with Gasteiger partial charge in [0.1, 0.15) is 6.04 Å². The van der Waals surface area contributed by atoms with Gasteiger partial charge in [0.2, 0.25) is 5.24 Å². The molecule has 0 aromatic carbocycles. The van der Waals surface area contributed by atoms with Crippen molar-refractivity contribution >= 4 is 33.2 Å². The lowest BCUT2D eigenvalue weighted by Gasteiger charge is -2.02. The Kier molecular flexibility index (Phi) is 1.62. The topological polar surface area (TPSA) is 29.1 Å². The highest BCUT2D eigenvalue weighted by Gasteiger charge is 2.25. The number of thiophene rings is 1. The van der Waals surface area contributed by atoms with Gasteiger partial charge in [-0.05, 0) is 28.6 Å². The lowest BCUT2D eigenvalue weighted by atomic mass is 10.2. The molecule has 4 heteroatoms. The van der Waals surface area contributed by atoms with Crippen LogP contribution < -0.4 is 5.32 Å². The average Bonchev–Trinajstić information content (AvgIpc) is 2.40. The molecule has 0 saturated heterocycles. The predicted molar refractivity (Wildman–Crippen MR) is 46.3 cm³/mol. The highest BCUT2D eigenvalue weighted by Crippen LogP contribution is 2.31. The molecule has 0 amide bonds. The van der Waals surface area contributed by atoms with Crippen molar-refractivity contribution in [3.63, 3.8) is 0 Å². The molecule has 1 aliphatic rings. The number of halogens is 1. The summed E-state index contributed by atoms with van der Waals surface area (Å²) in [6.45, 7) is 0. The fourth-order valence-corrected chi connectivity index (χ4v) is 2.20. The van der Waals surface area contributed by atoms with Crippen molar-refractivity contribution in [1.82, 2.24) is 0 Å². The maximum absolute atomic E-state index is 10.7. The van der Waals surface area contributed by atoms with Gasteiger partial charge >= 0.3 is 0 Å². The zero-order valence-electron chi connectivity index (χ0n) is 5.63. The Morgan fingerprint density at radius 3 is 3.27 bits per heavy atom. The van der Waals surface area contributed by atoms with Crippen LogP contribution in [0.15, 0.2) is 11.4 Å². The molecule has 2 heterocycles. The third-order valence-electron chi connectivity index (χ3n) is 1.75. The van der Waals surface area contributed by atoms with Crippen molar-refractivity contribution < 1.29 is 4.79 Å². The fraction of sp³-hybridized carbons (Fsp3) is 0.286. The van der Waals surface area contributed by atoms with Gasteiger partial charge in [-0.15, -0.1) is 11.3 Å². The summed E-state index contributed by atoms with van der Waals surface area (Å²) in [5.74, 6) is 0. The summed E-state index contributed by atoms with van der Waals surface area (Å²) >= 11 is 6.95. The first-order valence-electron chi connectivity index (χ1n) is 3.29. The Labute approximate surface area is 73.2 Å². The van der Waals surface area contributed by atoms with Crippen LogP contribution in [0.5, 0.6) is 0 Å². The van der Waals surface area contributed by atoms with Crippen LogP contribution in [0.2, 0.25) is 0 Å². The standard InChI is InChI=1S/C7H6ClNOS/c8-6(10)5-3-4-1-2-11-7(4)9-5/h1-2,5,9H,3H2. The van der Waals surface area contributed by atoms with E-state index >= 15 is 0 Å². The van der Waals surface area contributed by atoms with Crippen LogP contribution in [-0.2, 0) is 11.2 Å². The number of fused-ring (bicyclic) bond motifs is 1. The van der Waals surface area contributed by atoms with Gasteiger partial charge in [0.25, 0.3) is 0 Å². The molecule has 1 unspecified atom stereocenters. The van der Waals surface area contributed by atoms with E-state index in [0.717, 1.165) is 11.4 Å². The number of carbonyl (C=O) groups excluding carboxylic acids is 1. The maximum atomic E-state index is 10.7. The molecular weight excluding hydrogens is 182 g/mol. The summed E-state index contributed by atoms with van der Waals surface area (Å²) in [5, 5.41) is 5.85. The minimum Gasteiger partial charge on any atom is -0.365 e. The van der Waals surface area contributed by atoms with Crippen LogP contribution >= 0.6 is 22.9 Å². The molecule has 1 aromatic rings. The summed E-state index contributed by atoms with van der Waals surface area (Å²) in [7, 11) is 0. The molecule has 0 spiro atoms. The minimum atomic E-state index is -0.298. The van der Waals surface area contributed by atoms with Crippen molar-refractivity contribution in [2.45, 2.75) is 12.5 Å². The lowest BCUT2D eigenvalue weighted by molar-refractivity contribution is -0.112. The molecule has 0 aliphatic carbocycles. The second-order valence-electron chi connectivity index (χ2n) is 2.48. The summed E-state index contributed by atoms with van der Waals surface area (Å²) < 4.78 is 0. The van der Waals surface area contributed by atoms with Crippen molar-refractivity contribution in [3.8, 4) is 0 Å². The van der Waals surface area contributed by atoms with Crippen LogP contribution in [0.25, 0.3) is 0 Å². The van der Waals surface area contributed by atoms with E-state index in [1.165, 1.54) is 5.56 Å². The van der Waals surface area contributed by atoms with E-state index in [0.29, 0.717) is 0 Å². The maximum Gasteiger partial charge on any atom is 0.244 e. The van der Waals surface area contributed by atoms with Gasteiger partial charge in [-0.25, -0.2) is 0 Å². The van der Waals surface area contributed by atoms with Gasteiger partial charge < -0.3 is 5.32 Å². The third kappa shape index (κ3) is 1.14. The molecule has 2 rings (SSSR count). The first-order valence-corrected chi connectivity index (χ1v) is 4.55. The van der Waals surface area contributed by atoms with E-state index in [-0.39, 0.29) is 11.3 Å². The van der Waals surface area contributed by atoms with Crippen molar-refractivity contribution in [3.05, 3.63) is 17.0 Å². The quantitative estimate of drug-likeness (QED) is 0.680. The highest BCUT2D eigenvalue weighted by atomic mass is 35.5. The first kappa shape index (κ1) is 7.13. The Hall–Kier alpha value is -0.540. The molecule has 1 aliphatic heterocycles. The minimum absolute atomic E-state index is 0.195. The summed E-state index contributed by atoms with van der Waals surface area (Å²) in [6, 6.07) is 1.83. The van der Waals surface area contributed by atoms with Crippen LogP contribution in [0.4, 0.5) is 5.00 Å². The number of anilines is 1. The Bertz CT molecular complexity index is 276. The van der Waals surface area contributed by atoms with E-state index < -0.39 is 0 Å². The average molecular weight is 188 g/mol. The lowest BCUT2D eigenvalue weighted by Crippen LogP contribution is -2.22. The molecule has 1 atom stereocenters. The molecular formula is C7H6ClNOS. The normalized spacial score (nSPS) is 21.0. The first-order chi connectivity index (χ1) is 5.27. The number of rotatable bonds is 1. The molecule has 2 nitrogen and oxygen atoms in total. The highest BCUT2D eigenvalue weighted by molar-refractivity contribution is 7.14. The van der Waals surface area contributed by atoms with Crippen molar-refractivity contribution in [1.29, 1.82) is 0 Å². The van der Waals surface area contributed by atoms with Crippen molar-refractivity contribution in [2.24, 2.45) is 0 Å². The van der Waals surface area contributed by atoms with Gasteiger partial charge in [0.05, 0.1) is 5.00 Å². The van der Waals surface area contributed by atoms with Crippen LogP contribution in [0, 0.1) is 0 Å². The summed E-state index contributed by atoms with van der Waals surface area (Å²) in [6.07, 6.45) is 0.737. The molecule has 0 saturated carbocycles. The van der Waals surface area contributed by atoms with E-state index in [1.54, 1.807) is 11.3 Å². The molecule has 1 aromatic heterocycles. The van der Waals surface area contributed by atoms with Crippen molar-refractivity contribution in [2.75, 3.05) is 5.32 Å². The second kappa shape index (κ2) is 2.50. The zero-order valence-corrected chi connectivity index (χ0v) is 7.21. The SMILES string of the molecule is O=C(Cl)C1Cc2ccsc2N1. The number of hydrogen-bond donors (Lipinski definition) is 1. The smallest absolute Gasteiger partial charge is 0.244 e. The molecule has 11 heavy (non-hydrogen) atoms. The van der Waals surface area contributed by atoms with Gasteiger partial charge in [-0.2, -0.15) is 0 Å². The number of nitrogens with one attached hydrogen (secondary N) is 1. The molecule has 0 bridgehead atoms. The number of carbonyl (C=O) groups is 1. The Morgan fingerprint density at radius 1 is 1.82 bits per heavy atom. The largest absolute Gasteiger partial charge is 0.365 e. The fourth-order valence-electron chi connectivity index (χ4n) is 1.19. The van der Waals surface area contributed by atoms with E-state index in [1.807, 2.05) is 11.4 Å². The third-order valence-corrected chi connectivity index (χ3v) is 2.90. The van der Waals surface area contributed by atoms with Gasteiger partial charge in [-0.3, -0.25) is 4.79 Å². The molecule has 0 radical (unpaired) electrons. The summed E-state index contributed by atoms with van der Waals surface area (Å²) in [5.41, 5.74) is 1.20. The number of hydrogen-bond acceptors (Lipinski definition) is 3. The predicted octanol–water partition coefficient (Wildman–Crippen LogP) is 1.85. The Balaban J connectivity index is 2.22. The summed E-state index contributed by atoms with van der Waals surface area (Å²) in [4.78, 5) is 10.7. The Morgan fingerprint density at radius 2 is 2.64 bits per heavy atom. The van der Waals surface area contributed by atoms with Gasteiger partial charge in [-0.1, -0.05) is 0 Å². The molecule has 58 valence electrons.